The summed E-state index contributed by atoms with van der Waals surface area (Å²) in [6.45, 7) is -0.114. The molecule has 0 aliphatic rings. The van der Waals surface area contributed by atoms with Crippen LogP contribution in [0.2, 0.25) is 5.02 Å². The summed E-state index contributed by atoms with van der Waals surface area (Å²) in [4.78, 5) is 10.3. The van der Waals surface area contributed by atoms with Crippen LogP contribution in [-0.4, -0.2) is 18.2 Å². The van der Waals surface area contributed by atoms with Crippen molar-refractivity contribution in [1.82, 2.24) is 0 Å². The van der Waals surface area contributed by atoms with Crippen LogP contribution < -0.4 is 0 Å². The summed E-state index contributed by atoms with van der Waals surface area (Å²) in [5, 5.41) is 8.56. The second-order valence-corrected chi connectivity index (χ2v) is 4.21. The second-order valence-electron chi connectivity index (χ2n) is 3.80. The molecule has 0 radical (unpaired) electrons. The Morgan fingerprint density at radius 3 is 2.67 bits per heavy atom. The van der Waals surface area contributed by atoms with Crippen molar-refractivity contribution in [3.8, 4) is 0 Å². The molecule has 3 nitrogen and oxygen atoms in total. The number of methoxy groups -OCH3 is 1. The van der Waals surface area contributed by atoms with Gasteiger partial charge in [-0.2, -0.15) is 0 Å². The first-order chi connectivity index (χ1) is 8.47. The summed E-state index contributed by atoms with van der Waals surface area (Å²) in [5.41, 5.74) is 0.0530. The molecule has 0 unspecified atom stereocenters. The zero-order chi connectivity index (χ0) is 13.7. The van der Waals surface area contributed by atoms with Gasteiger partial charge in [0.1, 0.15) is 0 Å². The van der Waals surface area contributed by atoms with Crippen LogP contribution in [0.25, 0.3) is 0 Å². The molecule has 6 heteroatoms. The monoisotopic (exact) mass is 278 g/mol. The minimum Gasteiger partial charge on any atom is -0.481 e. The summed E-state index contributed by atoms with van der Waals surface area (Å²) >= 11 is 5.82. The number of carboxylic acid groups (broad SMARTS) is 1. The molecule has 0 aliphatic carbocycles. The van der Waals surface area contributed by atoms with Gasteiger partial charge < -0.3 is 9.84 Å². The quantitative estimate of drug-likeness (QED) is 0.813. The number of carbonyl (C=O) groups is 1. The van der Waals surface area contributed by atoms with E-state index >= 15 is 0 Å². The minimum atomic E-state index is -1.03. The summed E-state index contributed by atoms with van der Waals surface area (Å²) in [7, 11) is 1.36. The summed E-state index contributed by atoms with van der Waals surface area (Å²) in [6, 6.07) is 1.32. The van der Waals surface area contributed by atoms with Crippen LogP contribution in [0.15, 0.2) is 6.07 Å². The van der Waals surface area contributed by atoms with E-state index in [0.29, 0.717) is 0 Å². The van der Waals surface area contributed by atoms with Gasteiger partial charge >= 0.3 is 5.97 Å². The van der Waals surface area contributed by atoms with Crippen molar-refractivity contribution >= 4 is 17.6 Å². The van der Waals surface area contributed by atoms with E-state index < -0.39 is 17.6 Å². The van der Waals surface area contributed by atoms with Gasteiger partial charge in [0.05, 0.1) is 6.61 Å². The van der Waals surface area contributed by atoms with Crippen molar-refractivity contribution in [2.45, 2.75) is 25.9 Å². The standard InChI is InChI=1S/C12H13ClF2O3/c1-18-6-8-9(13)5-7(11(14)12(8)15)3-2-4-10(16)17/h5H,2-4,6H2,1H3,(H,16,17). The van der Waals surface area contributed by atoms with Crippen LogP contribution in [0.3, 0.4) is 0 Å². The topological polar surface area (TPSA) is 46.5 Å². The average Bonchev–Trinajstić information content (AvgIpc) is 2.30. The molecule has 0 aromatic heterocycles. The predicted molar refractivity (Wildman–Crippen MR) is 62.7 cm³/mol. The fourth-order valence-corrected chi connectivity index (χ4v) is 1.84. The Kier molecular flexibility index (Phi) is 5.50. The Morgan fingerprint density at radius 2 is 2.11 bits per heavy atom. The van der Waals surface area contributed by atoms with Gasteiger partial charge in [0.25, 0.3) is 0 Å². The average molecular weight is 279 g/mol. The molecule has 0 heterocycles. The van der Waals surface area contributed by atoms with Crippen molar-refractivity contribution in [3.63, 3.8) is 0 Å². The van der Waals surface area contributed by atoms with Crippen LogP contribution in [-0.2, 0) is 22.6 Å². The number of halogens is 3. The number of ether oxygens (including phenoxy) is 1. The Morgan fingerprint density at radius 1 is 1.44 bits per heavy atom. The van der Waals surface area contributed by atoms with Crippen LogP contribution in [0.4, 0.5) is 8.78 Å². The lowest BCUT2D eigenvalue weighted by Crippen LogP contribution is -2.03. The number of benzene rings is 1. The maximum Gasteiger partial charge on any atom is 0.303 e. The lowest BCUT2D eigenvalue weighted by Gasteiger charge is -2.10. The van der Waals surface area contributed by atoms with Crippen LogP contribution >= 0.6 is 11.6 Å². The van der Waals surface area contributed by atoms with Gasteiger partial charge in [-0.1, -0.05) is 11.6 Å². The van der Waals surface area contributed by atoms with Gasteiger partial charge in [0.2, 0.25) is 0 Å². The van der Waals surface area contributed by atoms with Crippen molar-refractivity contribution in [2.24, 2.45) is 0 Å². The third kappa shape index (κ3) is 3.65. The number of hydrogen-bond acceptors (Lipinski definition) is 2. The molecule has 1 N–H and O–H groups in total. The molecule has 0 spiro atoms. The summed E-state index contributed by atoms with van der Waals surface area (Å²) < 4.78 is 32.0. The van der Waals surface area contributed by atoms with Gasteiger partial charge in [-0.15, -0.1) is 0 Å². The van der Waals surface area contributed by atoms with Crippen LogP contribution in [0.1, 0.15) is 24.0 Å². The molecule has 0 amide bonds. The van der Waals surface area contributed by atoms with E-state index in [0.717, 1.165) is 0 Å². The molecule has 18 heavy (non-hydrogen) atoms. The first-order valence-electron chi connectivity index (χ1n) is 5.33. The van der Waals surface area contributed by atoms with Crippen molar-refractivity contribution < 1.29 is 23.4 Å². The van der Waals surface area contributed by atoms with Crippen molar-refractivity contribution in [1.29, 1.82) is 0 Å². The normalized spacial score (nSPS) is 10.7. The number of rotatable bonds is 6. The van der Waals surface area contributed by atoms with E-state index in [1.54, 1.807) is 0 Å². The largest absolute Gasteiger partial charge is 0.481 e. The SMILES string of the molecule is COCc1c(Cl)cc(CCCC(=O)O)c(F)c1F. The molecule has 1 aromatic rings. The summed E-state index contributed by atoms with van der Waals surface area (Å²) in [6.07, 6.45) is 0.256. The molecule has 0 saturated heterocycles. The van der Waals surface area contributed by atoms with E-state index in [2.05, 4.69) is 0 Å². The number of carboxylic acids is 1. The summed E-state index contributed by atoms with van der Waals surface area (Å²) in [5.74, 6) is -3.00. The van der Waals surface area contributed by atoms with E-state index in [4.69, 9.17) is 21.4 Å². The molecule has 1 rings (SSSR count). The van der Waals surface area contributed by atoms with E-state index in [1.807, 2.05) is 0 Å². The molecule has 0 fully saturated rings. The molecule has 0 bridgehead atoms. The third-order valence-corrected chi connectivity index (χ3v) is 2.79. The van der Waals surface area contributed by atoms with Gasteiger partial charge in [-0.05, 0) is 24.5 Å². The smallest absolute Gasteiger partial charge is 0.303 e. The van der Waals surface area contributed by atoms with Gasteiger partial charge in [0, 0.05) is 24.1 Å². The van der Waals surface area contributed by atoms with Crippen LogP contribution in [0, 0.1) is 11.6 Å². The van der Waals surface area contributed by atoms with Gasteiger partial charge in [0.15, 0.2) is 11.6 Å². The molecule has 0 aliphatic heterocycles. The van der Waals surface area contributed by atoms with Gasteiger partial charge in [-0.25, -0.2) is 8.78 Å². The Balaban J connectivity index is 2.91. The fraction of sp³-hybridized carbons (Fsp3) is 0.417. The first kappa shape index (κ1) is 14.9. The van der Waals surface area contributed by atoms with E-state index in [-0.39, 0.29) is 42.0 Å². The molecule has 100 valence electrons. The van der Waals surface area contributed by atoms with E-state index in [9.17, 15) is 13.6 Å². The Labute approximate surface area is 108 Å². The van der Waals surface area contributed by atoms with Crippen LogP contribution in [0.5, 0.6) is 0 Å². The van der Waals surface area contributed by atoms with Crippen molar-refractivity contribution in [3.05, 3.63) is 33.9 Å². The zero-order valence-corrected chi connectivity index (χ0v) is 10.6. The number of aryl methyl sites for hydroxylation is 1. The number of hydrogen-bond donors (Lipinski definition) is 1. The molecule has 1 aromatic carbocycles. The second kappa shape index (κ2) is 6.66. The fourth-order valence-electron chi connectivity index (χ4n) is 1.57. The highest BCUT2D eigenvalue weighted by atomic mass is 35.5. The highest BCUT2D eigenvalue weighted by Gasteiger charge is 2.17. The Hall–Kier alpha value is -1.20. The molecule has 0 saturated carbocycles. The predicted octanol–water partition coefficient (Wildman–Crippen LogP) is 3.17. The van der Waals surface area contributed by atoms with E-state index in [1.165, 1.54) is 13.2 Å². The maximum absolute atomic E-state index is 13.7. The van der Waals surface area contributed by atoms with Gasteiger partial charge in [-0.3, -0.25) is 4.79 Å². The Bertz CT molecular complexity index is 449. The highest BCUT2D eigenvalue weighted by molar-refractivity contribution is 6.31. The first-order valence-corrected chi connectivity index (χ1v) is 5.71. The maximum atomic E-state index is 13.7. The molecular formula is C12H13ClF2O3. The molecule has 0 atom stereocenters. The molecular weight excluding hydrogens is 266 g/mol. The third-order valence-electron chi connectivity index (χ3n) is 2.45. The number of aliphatic carboxylic acids is 1. The highest BCUT2D eigenvalue weighted by Crippen LogP contribution is 2.26. The lowest BCUT2D eigenvalue weighted by atomic mass is 10.0. The minimum absolute atomic E-state index is 0.0290. The zero-order valence-electron chi connectivity index (χ0n) is 9.80. The lowest BCUT2D eigenvalue weighted by molar-refractivity contribution is -0.137. The van der Waals surface area contributed by atoms with Crippen molar-refractivity contribution in [2.75, 3.05) is 7.11 Å².